The van der Waals surface area contributed by atoms with Crippen LogP contribution in [0.4, 0.5) is 0 Å². The second-order valence-electron chi connectivity index (χ2n) is 5.79. The zero-order valence-electron chi connectivity index (χ0n) is 12.5. The van der Waals surface area contributed by atoms with Gasteiger partial charge in [0.05, 0.1) is 4.90 Å². The summed E-state index contributed by atoms with van der Waals surface area (Å²) in [5, 5.41) is 10.9. The second-order valence-corrected chi connectivity index (χ2v) is 7.68. The molecule has 0 aromatic heterocycles. The number of aliphatic hydroxyl groups excluding tert-OH is 1. The zero-order valence-corrected chi connectivity index (χ0v) is 13.3. The van der Waals surface area contributed by atoms with Gasteiger partial charge in [0, 0.05) is 19.2 Å². The van der Waals surface area contributed by atoms with Crippen LogP contribution in [0.3, 0.4) is 0 Å². The van der Waals surface area contributed by atoms with Crippen LogP contribution in [-0.4, -0.2) is 37.0 Å². The Bertz CT molecular complexity index is 753. The van der Waals surface area contributed by atoms with E-state index in [4.69, 9.17) is 5.11 Å². The van der Waals surface area contributed by atoms with Crippen molar-refractivity contribution in [2.45, 2.75) is 36.6 Å². The fourth-order valence-corrected chi connectivity index (χ4v) is 4.46. The summed E-state index contributed by atoms with van der Waals surface area (Å²) in [6, 6.07) is 13.2. The molecule has 5 heteroatoms. The van der Waals surface area contributed by atoms with Crippen LogP contribution in [-0.2, 0) is 10.0 Å². The molecule has 2 aromatic carbocycles. The number of hydrogen-bond donors (Lipinski definition) is 1. The van der Waals surface area contributed by atoms with Crippen molar-refractivity contribution in [2.24, 2.45) is 0 Å². The Labute approximate surface area is 131 Å². The van der Waals surface area contributed by atoms with E-state index >= 15 is 0 Å². The Balaban J connectivity index is 1.91. The predicted molar refractivity (Wildman–Crippen MR) is 87.2 cm³/mol. The molecule has 0 unspecified atom stereocenters. The van der Waals surface area contributed by atoms with E-state index in [1.165, 1.54) is 0 Å². The van der Waals surface area contributed by atoms with Gasteiger partial charge in [0.1, 0.15) is 0 Å². The van der Waals surface area contributed by atoms with E-state index < -0.39 is 10.0 Å². The standard InChI is InChI=1S/C17H21NO3S/c19-12-4-3-11-18(16-8-9-16)22(20,21)17-10-7-14-5-1-2-6-15(14)13-17/h1-2,5-7,10,13,16,19H,3-4,8-9,11-12H2. The van der Waals surface area contributed by atoms with Crippen LogP contribution >= 0.6 is 0 Å². The van der Waals surface area contributed by atoms with Gasteiger partial charge in [-0.25, -0.2) is 8.42 Å². The van der Waals surface area contributed by atoms with Crippen molar-refractivity contribution in [1.29, 1.82) is 0 Å². The summed E-state index contributed by atoms with van der Waals surface area (Å²) in [7, 11) is -3.46. The molecule has 0 bridgehead atoms. The third-order valence-electron chi connectivity index (χ3n) is 4.07. The molecule has 118 valence electrons. The monoisotopic (exact) mass is 319 g/mol. The van der Waals surface area contributed by atoms with E-state index in [1.54, 1.807) is 16.4 Å². The Morgan fingerprint density at radius 2 is 1.77 bits per heavy atom. The maximum absolute atomic E-state index is 12.9. The molecule has 0 heterocycles. The molecule has 1 N–H and O–H groups in total. The Hall–Kier alpha value is -1.43. The van der Waals surface area contributed by atoms with Crippen LogP contribution in [0.25, 0.3) is 10.8 Å². The lowest BCUT2D eigenvalue weighted by atomic mass is 10.1. The van der Waals surface area contributed by atoms with Gasteiger partial charge >= 0.3 is 0 Å². The first-order valence-corrected chi connectivity index (χ1v) is 9.18. The maximum atomic E-state index is 12.9. The first-order valence-electron chi connectivity index (χ1n) is 7.74. The average Bonchev–Trinajstić information content (AvgIpc) is 3.35. The van der Waals surface area contributed by atoms with Gasteiger partial charge in [0.25, 0.3) is 0 Å². The number of unbranched alkanes of at least 4 members (excludes halogenated alkanes) is 1. The lowest BCUT2D eigenvalue weighted by Gasteiger charge is -2.22. The van der Waals surface area contributed by atoms with E-state index in [1.807, 2.05) is 30.3 Å². The minimum Gasteiger partial charge on any atom is -0.396 e. The minimum absolute atomic E-state index is 0.106. The lowest BCUT2D eigenvalue weighted by Crippen LogP contribution is -2.34. The molecule has 2 aromatic rings. The maximum Gasteiger partial charge on any atom is 0.243 e. The van der Waals surface area contributed by atoms with E-state index in [-0.39, 0.29) is 12.6 Å². The highest BCUT2D eigenvalue weighted by Crippen LogP contribution is 2.33. The van der Waals surface area contributed by atoms with Gasteiger partial charge in [-0.2, -0.15) is 4.31 Å². The molecule has 3 rings (SSSR count). The molecule has 0 aliphatic heterocycles. The normalized spacial score (nSPS) is 15.5. The average molecular weight is 319 g/mol. The molecule has 1 aliphatic rings. The fourth-order valence-electron chi connectivity index (χ4n) is 2.70. The van der Waals surface area contributed by atoms with E-state index in [2.05, 4.69) is 0 Å². The number of fused-ring (bicyclic) bond motifs is 1. The van der Waals surface area contributed by atoms with Crippen molar-refractivity contribution in [1.82, 2.24) is 4.31 Å². The van der Waals surface area contributed by atoms with Crippen molar-refractivity contribution < 1.29 is 13.5 Å². The number of sulfonamides is 1. The highest BCUT2D eigenvalue weighted by Gasteiger charge is 2.37. The number of nitrogens with zero attached hydrogens (tertiary/aromatic N) is 1. The SMILES string of the molecule is O=S(=O)(c1ccc2ccccc2c1)N(CCCCO)C1CC1. The first-order chi connectivity index (χ1) is 10.6. The summed E-state index contributed by atoms with van der Waals surface area (Å²) < 4.78 is 27.4. The molecule has 4 nitrogen and oxygen atoms in total. The number of hydrogen-bond acceptors (Lipinski definition) is 3. The zero-order chi connectivity index (χ0) is 15.6. The molecular formula is C17H21NO3S. The van der Waals surface area contributed by atoms with Crippen LogP contribution in [0.2, 0.25) is 0 Å². The van der Waals surface area contributed by atoms with Gasteiger partial charge in [0.2, 0.25) is 10.0 Å². The number of benzene rings is 2. The Morgan fingerprint density at radius 3 is 2.45 bits per heavy atom. The van der Waals surface area contributed by atoms with Crippen LogP contribution in [0, 0.1) is 0 Å². The molecule has 1 saturated carbocycles. The molecular weight excluding hydrogens is 298 g/mol. The molecule has 0 radical (unpaired) electrons. The molecule has 0 atom stereocenters. The molecule has 1 aliphatic carbocycles. The summed E-state index contributed by atoms with van der Waals surface area (Å²) in [6.45, 7) is 0.592. The molecule has 0 saturated heterocycles. The van der Waals surface area contributed by atoms with Crippen molar-refractivity contribution in [3.05, 3.63) is 42.5 Å². The van der Waals surface area contributed by atoms with Gasteiger partial charge in [-0.15, -0.1) is 0 Å². The van der Waals surface area contributed by atoms with Crippen molar-refractivity contribution >= 4 is 20.8 Å². The first kappa shape index (κ1) is 15.5. The van der Waals surface area contributed by atoms with Crippen molar-refractivity contribution in [3.63, 3.8) is 0 Å². The largest absolute Gasteiger partial charge is 0.396 e. The molecule has 22 heavy (non-hydrogen) atoms. The highest BCUT2D eigenvalue weighted by molar-refractivity contribution is 7.89. The summed E-state index contributed by atoms with van der Waals surface area (Å²) in [6.07, 6.45) is 3.20. The van der Waals surface area contributed by atoms with Crippen LogP contribution in [0.15, 0.2) is 47.4 Å². The van der Waals surface area contributed by atoms with Crippen LogP contribution in [0.1, 0.15) is 25.7 Å². The van der Waals surface area contributed by atoms with Gasteiger partial charge in [-0.1, -0.05) is 30.3 Å². The smallest absolute Gasteiger partial charge is 0.243 e. The third-order valence-corrected chi connectivity index (χ3v) is 6.02. The van der Waals surface area contributed by atoms with E-state index in [9.17, 15) is 8.42 Å². The quantitative estimate of drug-likeness (QED) is 0.798. The highest BCUT2D eigenvalue weighted by atomic mass is 32.2. The fraction of sp³-hybridized carbons (Fsp3) is 0.412. The third kappa shape index (κ3) is 3.16. The number of aliphatic hydroxyl groups is 1. The molecule has 0 spiro atoms. The molecule has 1 fully saturated rings. The summed E-state index contributed by atoms with van der Waals surface area (Å²) in [4.78, 5) is 0.363. The van der Waals surface area contributed by atoms with E-state index in [0.29, 0.717) is 24.3 Å². The number of rotatable bonds is 7. The van der Waals surface area contributed by atoms with Gasteiger partial charge in [-0.3, -0.25) is 0 Å². The lowest BCUT2D eigenvalue weighted by molar-refractivity contribution is 0.275. The predicted octanol–water partition coefficient (Wildman–Crippen LogP) is 2.77. The Morgan fingerprint density at radius 1 is 1.05 bits per heavy atom. The summed E-state index contributed by atoms with van der Waals surface area (Å²) in [5.41, 5.74) is 0. The summed E-state index contributed by atoms with van der Waals surface area (Å²) >= 11 is 0. The topological polar surface area (TPSA) is 57.6 Å². The van der Waals surface area contributed by atoms with Gasteiger partial charge in [0.15, 0.2) is 0 Å². The van der Waals surface area contributed by atoms with Gasteiger partial charge < -0.3 is 5.11 Å². The van der Waals surface area contributed by atoms with Crippen LogP contribution in [0.5, 0.6) is 0 Å². The van der Waals surface area contributed by atoms with E-state index in [0.717, 1.165) is 23.6 Å². The van der Waals surface area contributed by atoms with Crippen LogP contribution < -0.4 is 0 Å². The molecule has 0 amide bonds. The summed E-state index contributed by atoms with van der Waals surface area (Å²) in [5.74, 6) is 0. The second kappa shape index (κ2) is 6.36. The van der Waals surface area contributed by atoms with Crippen molar-refractivity contribution in [3.8, 4) is 0 Å². The Kier molecular flexibility index (Phi) is 4.47. The minimum atomic E-state index is -3.46. The van der Waals surface area contributed by atoms with Crippen molar-refractivity contribution in [2.75, 3.05) is 13.2 Å². The van der Waals surface area contributed by atoms with Gasteiger partial charge in [-0.05, 0) is 48.6 Å².